The number of para-hydroxylation sites is 1. The molecule has 5 nitrogen and oxygen atoms in total. The maximum Gasteiger partial charge on any atom is 0.208 e. The van der Waals surface area contributed by atoms with Crippen molar-refractivity contribution in [3.8, 4) is 0 Å². The lowest BCUT2D eigenvalue weighted by molar-refractivity contribution is 0.371. The first-order chi connectivity index (χ1) is 9.20. The van der Waals surface area contributed by atoms with Crippen LogP contribution in [0.25, 0.3) is 0 Å². The molecule has 1 heterocycles. The van der Waals surface area contributed by atoms with Gasteiger partial charge in [-0.25, -0.2) is 10.8 Å². The van der Waals surface area contributed by atoms with Gasteiger partial charge in [-0.2, -0.15) is 0 Å². The second-order valence-electron chi connectivity index (χ2n) is 5.00. The molecule has 19 heavy (non-hydrogen) atoms. The minimum Gasteiger partial charge on any atom is -0.368 e. The third-order valence-corrected chi connectivity index (χ3v) is 3.21. The molecule has 0 atom stereocenters. The smallest absolute Gasteiger partial charge is 0.208 e. The van der Waals surface area contributed by atoms with E-state index in [1.54, 1.807) is 0 Å². The molecule has 0 saturated carbocycles. The van der Waals surface area contributed by atoms with Crippen molar-refractivity contribution in [2.45, 2.75) is 19.9 Å². The normalized spacial score (nSPS) is 16.9. The minimum atomic E-state index is 0.248. The summed E-state index contributed by atoms with van der Waals surface area (Å²) in [7, 11) is 0. The lowest BCUT2D eigenvalue weighted by atomic mass is 10.2. The average Bonchev–Trinajstić information content (AvgIpc) is 2.46. The molecule has 104 valence electrons. The Bertz CT molecular complexity index is 407. The molecule has 0 radical (unpaired) electrons. The van der Waals surface area contributed by atoms with Crippen molar-refractivity contribution in [2.75, 3.05) is 31.1 Å². The molecule has 0 aromatic heterocycles. The van der Waals surface area contributed by atoms with E-state index in [-0.39, 0.29) is 6.04 Å². The summed E-state index contributed by atoms with van der Waals surface area (Å²) in [5.74, 6) is 6.36. The fourth-order valence-corrected chi connectivity index (χ4v) is 2.27. The highest BCUT2D eigenvalue weighted by Crippen LogP contribution is 2.15. The monoisotopic (exact) mass is 261 g/mol. The Balaban J connectivity index is 1.95. The van der Waals surface area contributed by atoms with Gasteiger partial charge in [0, 0.05) is 37.9 Å². The van der Waals surface area contributed by atoms with Crippen molar-refractivity contribution in [3.63, 3.8) is 0 Å². The highest BCUT2D eigenvalue weighted by atomic mass is 15.4. The third kappa shape index (κ3) is 3.61. The van der Waals surface area contributed by atoms with E-state index < -0.39 is 0 Å². The van der Waals surface area contributed by atoms with Gasteiger partial charge >= 0.3 is 0 Å². The number of aliphatic imine (C=N–C) groups is 1. The zero-order chi connectivity index (χ0) is 13.7. The Hall–Kier alpha value is -1.75. The van der Waals surface area contributed by atoms with Gasteiger partial charge in [0.2, 0.25) is 5.96 Å². The predicted octanol–water partition coefficient (Wildman–Crippen LogP) is 1.04. The van der Waals surface area contributed by atoms with Gasteiger partial charge in [0.1, 0.15) is 0 Å². The van der Waals surface area contributed by atoms with E-state index in [9.17, 15) is 0 Å². The predicted molar refractivity (Wildman–Crippen MR) is 80.1 cm³/mol. The number of anilines is 1. The van der Waals surface area contributed by atoms with Gasteiger partial charge in [-0.15, -0.1) is 0 Å². The van der Waals surface area contributed by atoms with Crippen LogP contribution in [-0.4, -0.2) is 43.1 Å². The molecule has 0 bridgehead atoms. The molecule has 0 amide bonds. The molecule has 2 rings (SSSR count). The zero-order valence-corrected chi connectivity index (χ0v) is 11.7. The number of piperazine rings is 1. The summed E-state index contributed by atoms with van der Waals surface area (Å²) in [4.78, 5) is 9.10. The molecule has 1 aliphatic rings. The molecule has 1 aromatic carbocycles. The lowest BCUT2D eigenvalue weighted by Gasteiger charge is -2.37. The number of hydrogen-bond donors (Lipinski definition) is 2. The molecule has 5 heteroatoms. The van der Waals surface area contributed by atoms with Gasteiger partial charge in [0.25, 0.3) is 0 Å². The van der Waals surface area contributed by atoms with Crippen molar-refractivity contribution in [3.05, 3.63) is 30.3 Å². The Morgan fingerprint density at radius 3 is 2.32 bits per heavy atom. The first-order valence-corrected chi connectivity index (χ1v) is 6.80. The highest BCUT2D eigenvalue weighted by molar-refractivity contribution is 5.79. The Kier molecular flexibility index (Phi) is 4.63. The van der Waals surface area contributed by atoms with Crippen LogP contribution in [0.1, 0.15) is 13.8 Å². The number of nitrogens with two attached hydrogens (primary N) is 1. The van der Waals surface area contributed by atoms with Crippen LogP contribution >= 0.6 is 0 Å². The van der Waals surface area contributed by atoms with E-state index in [1.807, 2.05) is 6.07 Å². The van der Waals surface area contributed by atoms with Crippen LogP contribution in [-0.2, 0) is 0 Å². The maximum absolute atomic E-state index is 5.56. The van der Waals surface area contributed by atoms with Gasteiger partial charge in [-0.1, -0.05) is 18.2 Å². The van der Waals surface area contributed by atoms with Crippen LogP contribution in [0.5, 0.6) is 0 Å². The van der Waals surface area contributed by atoms with E-state index in [1.165, 1.54) is 5.69 Å². The van der Waals surface area contributed by atoms with E-state index in [4.69, 9.17) is 5.84 Å². The first-order valence-electron chi connectivity index (χ1n) is 6.80. The number of hydrogen-bond acceptors (Lipinski definition) is 3. The Morgan fingerprint density at radius 2 is 1.79 bits per heavy atom. The van der Waals surface area contributed by atoms with Crippen LogP contribution in [0, 0.1) is 0 Å². The average molecular weight is 261 g/mol. The molecule has 1 fully saturated rings. The summed E-state index contributed by atoms with van der Waals surface area (Å²) < 4.78 is 0. The maximum atomic E-state index is 5.56. The van der Waals surface area contributed by atoms with E-state index in [0.717, 1.165) is 32.1 Å². The number of hydrazine groups is 1. The summed E-state index contributed by atoms with van der Waals surface area (Å²) in [5.41, 5.74) is 4.00. The molecule has 0 unspecified atom stereocenters. The summed E-state index contributed by atoms with van der Waals surface area (Å²) in [6.45, 7) is 7.95. The molecular formula is C14H23N5. The lowest BCUT2D eigenvalue weighted by Crippen LogP contribution is -2.54. The quantitative estimate of drug-likeness (QED) is 0.361. The van der Waals surface area contributed by atoms with Crippen LogP contribution in [0.4, 0.5) is 5.69 Å². The van der Waals surface area contributed by atoms with Crippen molar-refractivity contribution in [2.24, 2.45) is 10.8 Å². The van der Waals surface area contributed by atoms with Crippen molar-refractivity contribution < 1.29 is 0 Å². The van der Waals surface area contributed by atoms with E-state index in [0.29, 0.717) is 0 Å². The summed E-state index contributed by atoms with van der Waals surface area (Å²) in [6, 6.07) is 10.8. The first kappa shape index (κ1) is 13.7. The van der Waals surface area contributed by atoms with E-state index >= 15 is 0 Å². The van der Waals surface area contributed by atoms with Crippen molar-refractivity contribution >= 4 is 11.6 Å². The number of nitrogens with one attached hydrogen (secondary N) is 1. The molecule has 3 N–H and O–H groups in total. The van der Waals surface area contributed by atoms with Gasteiger partial charge in [-0.3, -0.25) is 5.43 Å². The Morgan fingerprint density at radius 1 is 1.16 bits per heavy atom. The molecule has 1 aliphatic heterocycles. The van der Waals surface area contributed by atoms with Crippen LogP contribution in [0.3, 0.4) is 0 Å². The SMILES string of the molecule is CC(C)N=C(NN)N1CCN(c2ccccc2)CC1. The highest BCUT2D eigenvalue weighted by Gasteiger charge is 2.19. The van der Waals surface area contributed by atoms with Crippen LogP contribution in [0.15, 0.2) is 35.3 Å². The Labute approximate surface area is 115 Å². The topological polar surface area (TPSA) is 56.9 Å². The largest absolute Gasteiger partial charge is 0.368 e. The summed E-state index contributed by atoms with van der Waals surface area (Å²) >= 11 is 0. The number of rotatable bonds is 2. The van der Waals surface area contributed by atoms with Gasteiger partial charge in [-0.05, 0) is 26.0 Å². The van der Waals surface area contributed by atoms with Crippen molar-refractivity contribution in [1.82, 2.24) is 10.3 Å². The fourth-order valence-electron chi connectivity index (χ4n) is 2.27. The molecular weight excluding hydrogens is 238 g/mol. The second-order valence-corrected chi connectivity index (χ2v) is 5.00. The van der Waals surface area contributed by atoms with Gasteiger partial charge in [0.05, 0.1) is 0 Å². The van der Waals surface area contributed by atoms with Gasteiger partial charge in [0.15, 0.2) is 0 Å². The van der Waals surface area contributed by atoms with Crippen LogP contribution in [0.2, 0.25) is 0 Å². The molecule has 1 saturated heterocycles. The standard InChI is InChI=1S/C14H23N5/c1-12(2)16-14(17-15)19-10-8-18(9-11-19)13-6-4-3-5-7-13/h3-7,12H,8-11,15H2,1-2H3,(H,16,17). The number of nitrogens with zero attached hydrogens (tertiary/aromatic N) is 3. The fraction of sp³-hybridized carbons (Fsp3) is 0.500. The van der Waals surface area contributed by atoms with Crippen LogP contribution < -0.4 is 16.2 Å². The third-order valence-electron chi connectivity index (χ3n) is 3.21. The minimum absolute atomic E-state index is 0.248. The van der Waals surface area contributed by atoms with E-state index in [2.05, 4.69) is 58.3 Å². The number of guanidine groups is 1. The second kappa shape index (κ2) is 6.43. The molecule has 0 aliphatic carbocycles. The van der Waals surface area contributed by atoms with Gasteiger partial charge < -0.3 is 9.80 Å². The van der Waals surface area contributed by atoms with Crippen molar-refractivity contribution in [1.29, 1.82) is 0 Å². The zero-order valence-electron chi connectivity index (χ0n) is 11.7. The summed E-state index contributed by atoms with van der Waals surface area (Å²) in [6.07, 6.45) is 0. The molecule has 0 spiro atoms. The summed E-state index contributed by atoms with van der Waals surface area (Å²) in [5, 5.41) is 0. The molecule has 1 aromatic rings. The number of benzene rings is 1.